The van der Waals surface area contributed by atoms with Crippen molar-refractivity contribution in [1.29, 1.82) is 0 Å². The fourth-order valence-corrected chi connectivity index (χ4v) is 6.72. The highest BCUT2D eigenvalue weighted by Gasteiger charge is 2.36. The largest absolute Gasteiger partial charge is 0.495 e. The van der Waals surface area contributed by atoms with Crippen molar-refractivity contribution >= 4 is 21.6 Å². The normalized spacial score (nSPS) is 18.2. The van der Waals surface area contributed by atoms with Crippen LogP contribution in [0.5, 0.6) is 5.75 Å². The van der Waals surface area contributed by atoms with E-state index in [1.165, 1.54) is 17.5 Å². The smallest absolute Gasteiger partial charge is 0.416 e. The molecule has 0 saturated carbocycles. The molecule has 0 N–H and O–H groups in total. The summed E-state index contributed by atoms with van der Waals surface area (Å²) >= 11 is 0. The number of piperazine rings is 1. The van der Waals surface area contributed by atoms with Gasteiger partial charge in [-0.3, -0.25) is 4.79 Å². The van der Waals surface area contributed by atoms with Gasteiger partial charge < -0.3 is 14.5 Å². The first kappa shape index (κ1) is 28.2. The van der Waals surface area contributed by atoms with E-state index in [1.807, 2.05) is 24.8 Å². The molecule has 2 aliphatic heterocycles. The molecule has 38 heavy (non-hydrogen) atoms. The van der Waals surface area contributed by atoms with E-state index >= 15 is 0 Å². The molecule has 7 nitrogen and oxygen atoms in total. The first-order chi connectivity index (χ1) is 17.9. The van der Waals surface area contributed by atoms with Crippen LogP contribution in [0.15, 0.2) is 47.4 Å². The molecule has 2 aromatic carbocycles. The van der Waals surface area contributed by atoms with Gasteiger partial charge in [0.1, 0.15) is 10.6 Å². The molecule has 1 amide bonds. The average molecular weight is 554 g/mol. The van der Waals surface area contributed by atoms with E-state index in [-0.39, 0.29) is 35.7 Å². The Morgan fingerprint density at radius 3 is 2.21 bits per heavy atom. The molecule has 11 heteroatoms. The molecule has 0 bridgehead atoms. The summed E-state index contributed by atoms with van der Waals surface area (Å²) in [6.45, 7) is 6.15. The zero-order valence-corrected chi connectivity index (χ0v) is 22.7. The number of hydrogen-bond acceptors (Lipinski definition) is 5. The van der Waals surface area contributed by atoms with Crippen LogP contribution < -0.4 is 9.64 Å². The second-order valence-corrected chi connectivity index (χ2v) is 12.0. The maximum Gasteiger partial charge on any atom is 0.416 e. The van der Waals surface area contributed by atoms with Gasteiger partial charge in [-0.05, 0) is 54.7 Å². The number of alkyl halides is 3. The van der Waals surface area contributed by atoms with E-state index in [9.17, 15) is 26.4 Å². The summed E-state index contributed by atoms with van der Waals surface area (Å²) < 4.78 is 72.9. The molecule has 0 radical (unpaired) electrons. The molecule has 4 rings (SSSR count). The zero-order chi connectivity index (χ0) is 27.7. The molecule has 0 atom stereocenters. The standard InChI is InChI=1S/C27H34F3N3O4S/c1-19(2)21-7-8-24(37-3)25(17-21)38(35,36)33-11-9-20(10-12-33)26(34)32-15-13-31(14-16-32)23-6-4-5-22(18-23)27(28,29)30/h4-8,17-20H,9-16H2,1-3H3. The van der Waals surface area contributed by atoms with Crippen LogP contribution in [0.1, 0.15) is 43.7 Å². The predicted molar refractivity (Wildman–Crippen MR) is 139 cm³/mol. The molecule has 2 aromatic rings. The van der Waals surface area contributed by atoms with Gasteiger partial charge in [0, 0.05) is 50.9 Å². The molecular weight excluding hydrogens is 519 g/mol. The van der Waals surface area contributed by atoms with Crippen LogP contribution in [0.2, 0.25) is 0 Å². The van der Waals surface area contributed by atoms with Crippen molar-refractivity contribution in [3.05, 3.63) is 53.6 Å². The Hall–Kier alpha value is -2.79. The van der Waals surface area contributed by atoms with E-state index in [2.05, 4.69) is 0 Å². The van der Waals surface area contributed by atoms with Crippen molar-refractivity contribution in [1.82, 2.24) is 9.21 Å². The van der Waals surface area contributed by atoms with Gasteiger partial charge in [-0.25, -0.2) is 8.42 Å². The Kier molecular flexibility index (Phi) is 8.27. The van der Waals surface area contributed by atoms with E-state index < -0.39 is 21.8 Å². The van der Waals surface area contributed by atoms with E-state index in [4.69, 9.17) is 4.74 Å². The first-order valence-electron chi connectivity index (χ1n) is 12.8. The minimum atomic E-state index is -4.40. The maximum absolute atomic E-state index is 13.5. The number of carbonyl (C=O) groups excluding carboxylic acids is 1. The molecule has 0 aromatic heterocycles. The molecule has 2 fully saturated rings. The second kappa shape index (κ2) is 11.1. The summed E-state index contributed by atoms with van der Waals surface area (Å²) in [7, 11) is -2.34. The molecule has 2 saturated heterocycles. The zero-order valence-electron chi connectivity index (χ0n) is 21.9. The van der Waals surface area contributed by atoms with Crippen LogP contribution in [0.25, 0.3) is 0 Å². The van der Waals surface area contributed by atoms with Crippen LogP contribution in [0.4, 0.5) is 18.9 Å². The SMILES string of the molecule is COc1ccc(C(C)C)cc1S(=O)(=O)N1CCC(C(=O)N2CCN(c3cccc(C(F)(F)F)c3)CC2)CC1. The van der Waals surface area contributed by atoms with Crippen molar-refractivity contribution in [2.75, 3.05) is 51.3 Å². The van der Waals surface area contributed by atoms with Gasteiger partial charge in [0.05, 0.1) is 12.7 Å². The second-order valence-electron chi connectivity index (χ2n) is 10.1. The molecule has 208 valence electrons. The number of halogens is 3. The summed E-state index contributed by atoms with van der Waals surface area (Å²) in [6, 6.07) is 10.4. The first-order valence-corrected chi connectivity index (χ1v) is 14.2. The van der Waals surface area contributed by atoms with Crippen LogP contribution in [0.3, 0.4) is 0 Å². The lowest BCUT2D eigenvalue weighted by molar-refractivity contribution is -0.137. The lowest BCUT2D eigenvalue weighted by Gasteiger charge is -2.39. The number of nitrogens with zero attached hydrogens (tertiary/aromatic N) is 3. The van der Waals surface area contributed by atoms with Crippen molar-refractivity contribution < 1.29 is 31.1 Å². The fourth-order valence-electron chi connectivity index (χ4n) is 5.06. The van der Waals surface area contributed by atoms with E-state index in [1.54, 1.807) is 23.1 Å². The van der Waals surface area contributed by atoms with Crippen molar-refractivity contribution in [3.63, 3.8) is 0 Å². The monoisotopic (exact) mass is 553 g/mol. The molecule has 2 heterocycles. The number of anilines is 1. The Morgan fingerprint density at radius 2 is 1.63 bits per heavy atom. The summed E-state index contributed by atoms with van der Waals surface area (Å²) in [5.41, 5.74) is 0.699. The summed E-state index contributed by atoms with van der Waals surface area (Å²) in [4.78, 5) is 16.9. The number of rotatable bonds is 6. The average Bonchev–Trinajstić information content (AvgIpc) is 2.92. The van der Waals surface area contributed by atoms with Crippen molar-refractivity contribution in [2.24, 2.45) is 5.92 Å². The van der Waals surface area contributed by atoms with Gasteiger partial charge in [0.15, 0.2) is 0 Å². The molecule has 0 spiro atoms. The Morgan fingerprint density at radius 1 is 0.974 bits per heavy atom. The lowest BCUT2D eigenvalue weighted by Crippen LogP contribution is -2.52. The highest BCUT2D eigenvalue weighted by molar-refractivity contribution is 7.89. The number of sulfonamides is 1. The van der Waals surface area contributed by atoms with Crippen LogP contribution >= 0.6 is 0 Å². The number of benzene rings is 2. The van der Waals surface area contributed by atoms with E-state index in [0.717, 1.165) is 17.7 Å². The highest BCUT2D eigenvalue weighted by atomic mass is 32.2. The van der Waals surface area contributed by atoms with E-state index in [0.29, 0.717) is 50.5 Å². The Bertz CT molecular complexity index is 1250. The fraction of sp³-hybridized carbons (Fsp3) is 0.519. The number of ether oxygens (including phenoxy) is 1. The minimum Gasteiger partial charge on any atom is -0.495 e. The molecule has 0 aliphatic carbocycles. The van der Waals surface area contributed by atoms with Crippen molar-refractivity contribution in [3.8, 4) is 5.75 Å². The number of amides is 1. The molecular formula is C27H34F3N3O4S. The topological polar surface area (TPSA) is 70.2 Å². The summed E-state index contributed by atoms with van der Waals surface area (Å²) in [5.74, 6) is 0.147. The van der Waals surface area contributed by atoms with Gasteiger partial charge in [-0.2, -0.15) is 17.5 Å². The van der Waals surface area contributed by atoms with Gasteiger partial charge in [0.25, 0.3) is 0 Å². The highest BCUT2D eigenvalue weighted by Crippen LogP contribution is 2.34. The van der Waals surface area contributed by atoms with Crippen LogP contribution in [-0.2, 0) is 21.0 Å². The third-order valence-electron chi connectivity index (χ3n) is 7.41. The van der Waals surface area contributed by atoms with Crippen LogP contribution in [0, 0.1) is 5.92 Å². The van der Waals surface area contributed by atoms with Gasteiger partial charge in [-0.1, -0.05) is 26.0 Å². The number of carbonyl (C=O) groups is 1. The van der Waals surface area contributed by atoms with Crippen molar-refractivity contribution in [2.45, 2.75) is 43.7 Å². The third kappa shape index (κ3) is 5.93. The molecule has 2 aliphatic rings. The number of methoxy groups -OCH3 is 1. The third-order valence-corrected chi connectivity index (χ3v) is 9.33. The van der Waals surface area contributed by atoms with Gasteiger partial charge >= 0.3 is 6.18 Å². The summed E-state index contributed by atoms with van der Waals surface area (Å²) in [6.07, 6.45) is -3.57. The van der Waals surface area contributed by atoms with Crippen LogP contribution in [-0.4, -0.2) is 69.9 Å². The predicted octanol–water partition coefficient (Wildman–Crippen LogP) is 4.59. The summed E-state index contributed by atoms with van der Waals surface area (Å²) in [5, 5.41) is 0. The minimum absolute atomic E-state index is 0.0230. The lowest BCUT2D eigenvalue weighted by atomic mass is 9.96. The van der Waals surface area contributed by atoms with Gasteiger partial charge in [-0.15, -0.1) is 0 Å². The van der Waals surface area contributed by atoms with Gasteiger partial charge in [0.2, 0.25) is 15.9 Å². The number of piperidine rings is 1. The molecule has 0 unspecified atom stereocenters. The Balaban J connectivity index is 1.36. The maximum atomic E-state index is 13.5. The quantitative estimate of drug-likeness (QED) is 0.524. The number of hydrogen-bond donors (Lipinski definition) is 0. The Labute approximate surface area is 222 Å².